The largest absolute Gasteiger partial charge is 0.333 e. The molecule has 3 heterocycles. The van der Waals surface area contributed by atoms with Crippen molar-refractivity contribution in [2.45, 2.75) is 38.3 Å². The number of aromatic nitrogens is 1. The number of pyridine rings is 1. The second-order valence-corrected chi connectivity index (χ2v) is 8.24. The SMILES string of the molecule is CCC[C@H]1C(=O)N(S(C)(=O)=O)[C@H]2CCN(C(=O)c3cccnc3)[C@H]12. The molecule has 2 saturated heterocycles. The molecule has 3 atom stereocenters. The highest BCUT2D eigenvalue weighted by molar-refractivity contribution is 7.88. The Labute approximate surface area is 141 Å². The zero-order chi connectivity index (χ0) is 17.5. The molecule has 8 heteroatoms. The van der Waals surface area contributed by atoms with Crippen molar-refractivity contribution in [2.75, 3.05) is 12.8 Å². The topological polar surface area (TPSA) is 87.7 Å². The van der Waals surface area contributed by atoms with E-state index < -0.39 is 22.0 Å². The molecule has 1 aromatic heterocycles. The Kier molecular flexibility index (Phi) is 4.33. The fourth-order valence-electron chi connectivity index (χ4n) is 3.92. The standard InChI is InChI=1S/C16H21N3O4S/c1-3-5-12-14-13(19(16(12)21)24(2,22)23)7-9-18(14)15(20)11-6-4-8-17-10-11/h4,6,8,10,12-14H,3,5,7,9H2,1-2H3/t12-,13+,14-/m1/s1. The van der Waals surface area contributed by atoms with Crippen molar-refractivity contribution in [3.8, 4) is 0 Å². The predicted octanol–water partition coefficient (Wildman–Crippen LogP) is 0.883. The first kappa shape index (κ1) is 16.9. The Balaban J connectivity index is 1.96. The van der Waals surface area contributed by atoms with E-state index in [4.69, 9.17) is 0 Å². The second kappa shape index (κ2) is 6.16. The molecule has 0 spiro atoms. The normalized spacial score (nSPS) is 26.8. The minimum atomic E-state index is -3.64. The van der Waals surface area contributed by atoms with Crippen molar-refractivity contribution in [1.29, 1.82) is 0 Å². The summed E-state index contributed by atoms with van der Waals surface area (Å²) in [6, 6.07) is 2.53. The monoisotopic (exact) mass is 351 g/mol. The maximum Gasteiger partial charge on any atom is 0.255 e. The average molecular weight is 351 g/mol. The molecular formula is C16H21N3O4S. The fourth-order valence-corrected chi connectivity index (χ4v) is 5.10. The zero-order valence-electron chi connectivity index (χ0n) is 13.8. The van der Waals surface area contributed by atoms with Gasteiger partial charge < -0.3 is 4.90 Å². The van der Waals surface area contributed by atoms with Crippen LogP contribution >= 0.6 is 0 Å². The highest BCUT2D eigenvalue weighted by Crippen LogP contribution is 2.40. The molecule has 130 valence electrons. The van der Waals surface area contributed by atoms with E-state index in [2.05, 4.69) is 4.98 Å². The van der Waals surface area contributed by atoms with Crippen molar-refractivity contribution in [2.24, 2.45) is 5.92 Å². The summed E-state index contributed by atoms with van der Waals surface area (Å²) in [4.78, 5) is 31.1. The molecule has 0 N–H and O–H groups in total. The molecule has 0 unspecified atom stereocenters. The van der Waals surface area contributed by atoms with Crippen LogP contribution in [0.15, 0.2) is 24.5 Å². The Hall–Kier alpha value is -1.96. The molecule has 2 aliphatic rings. The second-order valence-electron chi connectivity index (χ2n) is 6.38. The molecule has 0 radical (unpaired) electrons. The van der Waals surface area contributed by atoms with Crippen LogP contribution in [-0.4, -0.2) is 59.3 Å². The van der Waals surface area contributed by atoms with Gasteiger partial charge in [-0.1, -0.05) is 13.3 Å². The van der Waals surface area contributed by atoms with Crippen LogP contribution in [-0.2, 0) is 14.8 Å². The van der Waals surface area contributed by atoms with Gasteiger partial charge >= 0.3 is 0 Å². The lowest BCUT2D eigenvalue weighted by Gasteiger charge is -2.27. The summed E-state index contributed by atoms with van der Waals surface area (Å²) in [5.41, 5.74) is 0.457. The van der Waals surface area contributed by atoms with Crippen molar-refractivity contribution >= 4 is 21.8 Å². The summed E-state index contributed by atoms with van der Waals surface area (Å²) in [6.45, 7) is 2.40. The molecule has 1 aromatic rings. The minimum Gasteiger partial charge on any atom is -0.333 e. The number of rotatable bonds is 4. The lowest BCUT2D eigenvalue weighted by atomic mass is 9.94. The Morgan fingerprint density at radius 1 is 1.42 bits per heavy atom. The number of amides is 2. The number of hydrogen-bond acceptors (Lipinski definition) is 5. The summed E-state index contributed by atoms with van der Waals surface area (Å²) in [6.07, 6.45) is 5.95. The molecule has 3 rings (SSSR count). The molecule has 2 amide bonds. The number of carbonyl (C=O) groups is 2. The van der Waals surface area contributed by atoms with Gasteiger partial charge in [-0.2, -0.15) is 0 Å². The van der Waals surface area contributed by atoms with Gasteiger partial charge in [0, 0.05) is 18.9 Å². The van der Waals surface area contributed by atoms with Crippen LogP contribution in [0.1, 0.15) is 36.5 Å². The first-order valence-corrected chi connectivity index (χ1v) is 9.95. The van der Waals surface area contributed by atoms with Crippen molar-refractivity contribution < 1.29 is 18.0 Å². The smallest absolute Gasteiger partial charge is 0.255 e. The van der Waals surface area contributed by atoms with Crippen molar-refractivity contribution in [3.05, 3.63) is 30.1 Å². The summed E-state index contributed by atoms with van der Waals surface area (Å²) in [7, 11) is -3.64. The summed E-state index contributed by atoms with van der Waals surface area (Å²) in [5, 5.41) is 0. The molecule has 24 heavy (non-hydrogen) atoms. The Morgan fingerprint density at radius 2 is 2.17 bits per heavy atom. The van der Waals surface area contributed by atoms with Gasteiger partial charge in [-0.25, -0.2) is 12.7 Å². The minimum absolute atomic E-state index is 0.195. The zero-order valence-corrected chi connectivity index (χ0v) is 14.6. The first-order valence-electron chi connectivity index (χ1n) is 8.10. The number of carbonyl (C=O) groups excluding carboxylic acids is 2. The van der Waals surface area contributed by atoms with Gasteiger partial charge in [0.2, 0.25) is 15.9 Å². The van der Waals surface area contributed by atoms with E-state index in [-0.39, 0.29) is 17.9 Å². The fraction of sp³-hybridized carbons (Fsp3) is 0.562. The molecule has 2 aliphatic heterocycles. The molecule has 0 aliphatic carbocycles. The number of likely N-dealkylation sites (tertiary alicyclic amines) is 1. The maximum atomic E-state index is 12.8. The van der Waals surface area contributed by atoms with Gasteiger partial charge in [-0.15, -0.1) is 0 Å². The van der Waals surface area contributed by atoms with E-state index in [1.807, 2.05) is 6.92 Å². The van der Waals surface area contributed by atoms with E-state index >= 15 is 0 Å². The van der Waals surface area contributed by atoms with Crippen LogP contribution < -0.4 is 0 Å². The third-order valence-electron chi connectivity index (χ3n) is 4.79. The highest BCUT2D eigenvalue weighted by atomic mass is 32.2. The molecule has 0 bridgehead atoms. The molecule has 7 nitrogen and oxygen atoms in total. The Morgan fingerprint density at radius 3 is 2.75 bits per heavy atom. The van der Waals surface area contributed by atoms with Gasteiger partial charge in [0.1, 0.15) is 0 Å². The lowest BCUT2D eigenvalue weighted by molar-refractivity contribution is -0.128. The summed E-state index contributed by atoms with van der Waals surface area (Å²) < 4.78 is 25.2. The van der Waals surface area contributed by atoms with Crippen LogP contribution in [0.25, 0.3) is 0 Å². The van der Waals surface area contributed by atoms with E-state index in [0.717, 1.165) is 17.0 Å². The van der Waals surface area contributed by atoms with E-state index in [9.17, 15) is 18.0 Å². The van der Waals surface area contributed by atoms with Crippen LogP contribution in [0.4, 0.5) is 0 Å². The maximum absolute atomic E-state index is 12.8. The molecule has 2 fully saturated rings. The van der Waals surface area contributed by atoms with Crippen LogP contribution in [0, 0.1) is 5.92 Å². The third kappa shape index (κ3) is 2.68. The van der Waals surface area contributed by atoms with Gasteiger partial charge in [0.15, 0.2) is 0 Å². The lowest BCUT2D eigenvalue weighted by Crippen LogP contribution is -2.43. The van der Waals surface area contributed by atoms with Crippen LogP contribution in [0.5, 0.6) is 0 Å². The van der Waals surface area contributed by atoms with Crippen molar-refractivity contribution in [1.82, 2.24) is 14.2 Å². The predicted molar refractivity (Wildman–Crippen MR) is 87.6 cm³/mol. The van der Waals surface area contributed by atoms with Gasteiger partial charge in [-0.3, -0.25) is 14.6 Å². The van der Waals surface area contributed by atoms with Crippen LogP contribution in [0.2, 0.25) is 0 Å². The van der Waals surface area contributed by atoms with Gasteiger partial charge in [0.05, 0.1) is 29.8 Å². The quantitative estimate of drug-likeness (QED) is 0.804. The first-order chi connectivity index (χ1) is 11.4. The van der Waals surface area contributed by atoms with Crippen molar-refractivity contribution in [3.63, 3.8) is 0 Å². The Bertz CT molecular complexity index is 750. The third-order valence-corrected chi connectivity index (χ3v) is 5.96. The summed E-state index contributed by atoms with van der Waals surface area (Å²) >= 11 is 0. The van der Waals surface area contributed by atoms with E-state index in [0.29, 0.717) is 24.9 Å². The number of hydrogen-bond donors (Lipinski definition) is 0. The van der Waals surface area contributed by atoms with Gasteiger partial charge in [-0.05, 0) is 25.0 Å². The summed E-state index contributed by atoms with van der Waals surface area (Å²) in [5.74, 6) is -1.03. The van der Waals surface area contributed by atoms with Gasteiger partial charge in [0.25, 0.3) is 5.91 Å². The number of sulfonamides is 1. The average Bonchev–Trinajstić information content (AvgIpc) is 3.06. The number of fused-ring (bicyclic) bond motifs is 1. The highest BCUT2D eigenvalue weighted by Gasteiger charge is 2.57. The molecule has 0 saturated carbocycles. The molecule has 0 aromatic carbocycles. The van der Waals surface area contributed by atoms with Crippen LogP contribution in [0.3, 0.4) is 0 Å². The van der Waals surface area contributed by atoms with E-state index in [1.54, 1.807) is 23.2 Å². The number of nitrogens with zero attached hydrogens (tertiary/aromatic N) is 3. The molecular weight excluding hydrogens is 330 g/mol. The van der Waals surface area contributed by atoms with E-state index in [1.165, 1.54) is 6.20 Å².